The van der Waals surface area contributed by atoms with E-state index in [1.807, 2.05) is 19.1 Å². The molecule has 2 heteroatoms. The summed E-state index contributed by atoms with van der Waals surface area (Å²) < 4.78 is 5.54. The summed E-state index contributed by atoms with van der Waals surface area (Å²) in [6.07, 6.45) is 4.11. The van der Waals surface area contributed by atoms with Gasteiger partial charge in [-0.2, -0.15) is 0 Å². The van der Waals surface area contributed by atoms with Gasteiger partial charge in [0.15, 0.2) is 0 Å². The summed E-state index contributed by atoms with van der Waals surface area (Å²) in [6, 6.07) is 3.97. The number of hydrogen-bond donors (Lipinski definition) is 0. The molecule has 0 spiro atoms. The fraction of sp³-hybridized carbons (Fsp3) is 0.545. The van der Waals surface area contributed by atoms with Crippen molar-refractivity contribution in [3.63, 3.8) is 0 Å². The summed E-state index contributed by atoms with van der Waals surface area (Å²) in [4.78, 5) is 10.5. The zero-order valence-corrected chi connectivity index (χ0v) is 7.82. The largest absolute Gasteiger partial charge is 0.466 e. The van der Waals surface area contributed by atoms with Crippen molar-refractivity contribution in [1.82, 2.24) is 0 Å². The number of carbonyl (C=O) groups is 1. The van der Waals surface area contributed by atoms with Crippen LogP contribution in [0.4, 0.5) is 0 Å². The van der Waals surface area contributed by atoms with Crippen LogP contribution in [-0.2, 0) is 4.79 Å². The molecule has 1 heterocycles. The Bertz CT molecular complexity index is 297. The first kappa shape index (κ1) is 8.54. The van der Waals surface area contributed by atoms with Crippen molar-refractivity contribution < 1.29 is 9.21 Å². The maximum absolute atomic E-state index is 10.5. The van der Waals surface area contributed by atoms with Crippen LogP contribution in [0.1, 0.15) is 36.7 Å². The first-order chi connectivity index (χ1) is 6.31. The van der Waals surface area contributed by atoms with Crippen LogP contribution in [-0.4, -0.2) is 6.29 Å². The van der Waals surface area contributed by atoms with Gasteiger partial charge in [0.2, 0.25) is 0 Å². The number of aryl methyl sites for hydroxylation is 1. The lowest BCUT2D eigenvalue weighted by Crippen LogP contribution is -2.00. The SMILES string of the molecule is Cc1ccc(C(CC=O)C2CC2)o1. The minimum atomic E-state index is 0.339. The fourth-order valence-electron chi connectivity index (χ4n) is 1.80. The Morgan fingerprint density at radius 2 is 2.38 bits per heavy atom. The molecule has 1 aromatic heterocycles. The summed E-state index contributed by atoms with van der Waals surface area (Å²) in [7, 11) is 0. The molecular weight excluding hydrogens is 164 g/mol. The summed E-state index contributed by atoms with van der Waals surface area (Å²) in [5.41, 5.74) is 0. The second kappa shape index (κ2) is 3.36. The van der Waals surface area contributed by atoms with E-state index in [1.54, 1.807) is 0 Å². The Morgan fingerprint density at radius 3 is 2.85 bits per heavy atom. The number of aldehydes is 1. The van der Waals surface area contributed by atoms with E-state index in [2.05, 4.69) is 0 Å². The Kier molecular flexibility index (Phi) is 2.21. The molecule has 2 rings (SSSR count). The second-order valence-electron chi connectivity index (χ2n) is 3.79. The van der Waals surface area contributed by atoms with Crippen molar-refractivity contribution in [3.05, 3.63) is 23.7 Å². The van der Waals surface area contributed by atoms with Crippen molar-refractivity contribution >= 4 is 6.29 Å². The standard InChI is InChI=1S/C11H14O2/c1-8-2-5-11(13-8)10(6-7-12)9-3-4-9/h2,5,7,9-10H,3-4,6H2,1H3. The lowest BCUT2D eigenvalue weighted by Gasteiger charge is -2.08. The zero-order chi connectivity index (χ0) is 9.26. The van der Waals surface area contributed by atoms with Gasteiger partial charge in [-0.25, -0.2) is 0 Å². The van der Waals surface area contributed by atoms with E-state index >= 15 is 0 Å². The number of furan rings is 1. The molecule has 0 radical (unpaired) electrons. The van der Waals surface area contributed by atoms with Crippen LogP contribution in [0, 0.1) is 12.8 Å². The predicted molar refractivity (Wildman–Crippen MR) is 49.6 cm³/mol. The molecule has 1 saturated carbocycles. The Morgan fingerprint density at radius 1 is 1.62 bits per heavy atom. The van der Waals surface area contributed by atoms with Gasteiger partial charge in [0.25, 0.3) is 0 Å². The van der Waals surface area contributed by atoms with E-state index in [9.17, 15) is 4.79 Å². The smallest absolute Gasteiger partial charge is 0.120 e. The van der Waals surface area contributed by atoms with Crippen LogP contribution in [0.3, 0.4) is 0 Å². The van der Waals surface area contributed by atoms with Crippen molar-refractivity contribution in [2.75, 3.05) is 0 Å². The maximum atomic E-state index is 10.5. The van der Waals surface area contributed by atoms with Gasteiger partial charge in [-0.3, -0.25) is 0 Å². The van der Waals surface area contributed by atoms with Crippen LogP contribution in [0.25, 0.3) is 0 Å². The third-order valence-electron chi connectivity index (χ3n) is 2.67. The van der Waals surface area contributed by atoms with E-state index in [4.69, 9.17) is 4.42 Å². The summed E-state index contributed by atoms with van der Waals surface area (Å²) in [5.74, 6) is 2.96. The van der Waals surface area contributed by atoms with Gasteiger partial charge in [0.1, 0.15) is 17.8 Å². The average Bonchev–Trinajstić information content (AvgIpc) is 2.85. The monoisotopic (exact) mass is 178 g/mol. The van der Waals surface area contributed by atoms with Crippen molar-refractivity contribution in [1.29, 1.82) is 0 Å². The minimum absolute atomic E-state index is 0.339. The highest BCUT2D eigenvalue weighted by Gasteiger charge is 2.33. The van der Waals surface area contributed by atoms with Gasteiger partial charge in [-0.15, -0.1) is 0 Å². The molecule has 0 N–H and O–H groups in total. The predicted octanol–water partition coefficient (Wildman–Crippen LogP) is 2.67. The van der Waals surface area contributed by atoms with Gasteiger partial charge >= 0.3 is 0 Å². The van der Waals surface area contributed by atoms with Crippen LogP contribution in [0.2, 0.25) is 0 Å². The molecule has 1 atom stereocenters. The van der Waals surface area contributed by atoms with Gasteiger partial charge in [0.05, 0.1) is 0 Å². The Hall–Kier alpha value is -1.05. The van der Waals surface area contributed by atoms with Crippen LogP contribution < -0.4 is 0 Å². The Labute approximate surface area is 77.9 Å². The highest BCUT2D eigenvalue weighted by Crippen LogP contribution is 2.44. The lowest BCUT2D eigenvalue weighted by atomic mass is 9.98. The number of hydrogen-bond acceptors (Lipinski definition) is 2. The fourth-order valence-corrected chi connectivity index (χ4v) is 1.80. The van der Waals surface area contributed by atoms with Gasteiger partial charge in [0, 0.05) is 12.3 Å². The van der Waals surface area contributed by atoms with Crippen LogP contribution >= 0.6 is 0 Å². The van der Waals surface area contributed by atoms with Crippen LogP contribution in [0.15, 0.2) is 16.5 Å². The van der Waals surface area contributed by atoms with Gasteiger partial charge in [-0.1, -0.05) is 0 Å². The molecule has 2 nitrogen and oxygen atoms in total. The van der Waals surface area contributed by atoms with E-state index < -0.39 is 0 Å². The van der Waals surface area contributed by atoms with Crippen molar-refractivity contribution in [3.8, 4) is 0 Å². The molecular formula is C11H14O2. The highest BCUT2D eigenvalue weighted by atomic mass is 16.3. The molecule has 0 aliphatic heterocycles. The van der Waals surface area contributed by atoms with Gasteiger partial charge in [-0.05, 0) is 37.8 Å². The van der Waals surface area contributed by atoms with Crippen LogP contribution in [0.5, 0.6) is 0 Å². The van der Waals surface area contributed by atoms with Crippen molar-refractivity contribution in [2.45, 2.75) is 32.1 Å². The summed E-state index contributed by atoms with van der Waals surface area (Å²) in [5, 5.41) is 0. The maximum Gasteiger partial charge on any atom is 0.120 e. The first-order valence-electron chi connectivity index (χ1n) is 4.81. The summed E-state index contributed by atoms with van der Waals surface area (Å²) >= 11 is 0. The normalized spacial score (nSPS) is 18.5. The molecule has 0 amide bonds. The Balaban J connectivity index is 2.14. The molecule has 70 valence electrons. The molecule has 1 aliphatic carbocycles. The lowest BCUT2D eigenvalue weighted by molar-refractivity contribution is -0.108. The molecule has 0 saturated heterocycles. The van der Waals surface area contributed by atoms with Crippen molar-refractivity contribution in [2.24, 2.45) is 5.92 Å². The first-order valence-corrected chi connectivity index (χ1v) is 4.81. The second-order valence-corrected chi connectivity index (χ2v) is 3.79. The quantitative estimate of drug-likeness (QED) is 0.663. The number of carbonyl (C=O) groups excluding carboxylic acids is 1. The molecule has 0 bridgehead atoms. The van der Waals surface area contributed by atoms with Gasteiger partial charge < -0.3 is 9.21 Å². The zero-order valence-electron chi connectivity index (χ0n) is 7.82. The van der Waals surface area contributed by atoms with E-state index in [1.165, 1.54) is 12.8 Å². The average molecular weight is 178 g/mol. The highest BCUT2D eigenvalue weighted by molar-refractivity contribution is 5.51. The molecule has 1 aliphatic rings. The van der Waals surface area contributed by atoms with E-state index in [0.29, 0.717) is 18.3 Å². The topological polar surface area (TPSA) is 30.2 Å². The molecule has 0 aromatic carbocycles. The summed E-state index contributed by atoms with van der Waals surface area (Å²) in [6.45, 7) is 1.94. The molecule has 13 heavy (non-hydrogen) atoms. The minimum Gasteiger partial charge on any atom is -0.466 e. The van der Waals surface area contributed by atoms with E-state index in [0.717, 1.165) is 17.8 Å². The molecule has 1 aromatic rings. The number of rotatable bonds is 4. The third kappa shape index (κ3) is 1.82. The van der Waals surface area contributed by atoms with E-state index in [-0.39, 0.29) is 0 Å². The molecule has 1 unspecified atom stereocenters. The molecule has 1 fully saturated rings. The third-order valence-corrected chi connectivity index (χ3v) is 2.67.